The summed E-state index contributed by atoms with van der Waals surface area (Å²) >= 11 is 0. The highest BCUT2D eigenvalue weighted by atomic mass is 127. The molecule has 1 aliphatic heterocycles. The summed E-state index contributed by atoms with van der Waals surface area (Å²) in [6, 6.07) is 12.8. The van der Waals surface area contributed by atoms with Crippen LogP contribution in [0.3, 0.4) is 0 Å². The molecule has 3 rings (SSSR count). The van der Waals surface area contributed by atoms with Crippen LogP contribution in [0.2, 0.25) is 0 Å². The van der Waals surface area contributed by atoms with E-state index in [2.05, 4.69) is 60.9 Å². The monoisotopic (exact) mass is 511 g/mol. The van der Waals surface area contributed by atoms with E-state index in [0.29, 0.717) is 0 Å². The summed E-state index contributed by atoms with van der Waals surface area (Å²) < 4.78 is 1.87. The molecule has 1 aromatic carbocycles. The lowest BCUT2D eigenvalue weighted by atomic mass is 10.2. The van der Waals surface area contributed by atoms with E-state index < -0.39 is 0 Å². The molecule has 2 aromatic rings. The van der Waals surface area contributed by atoms with Crippen molar-refractivity contribution in [2.45, 2.75) is 19.5 Å². The molecule has 7 nitrogen and oxygen atoms in total. The molecule has 2 heterocycles. The third-order valence-corrected chi connectivity index (χ3v) is 5.24. The van der Waals surface area contributed by atoms with Gasteiger partial charge >= 0.3 is 0 Å². The quantitative estimate of drug-likeness (QED) is 0.246. The number of hydrogen-bond acceptors (Lipinski definition) is 4. The average Bonchev–Trinajstić information content (AvgIpc) is 3.14. The first-order chi connectivity index (χ1) is 13.7. The Balaban J connectivity index is 0.00000300. The SMILES string of the molecule is CN=C(NCCCN1CCN(Cc2ccccc2)CC1)NCc1ccnn1C.I. The maximum Gasteiger partial charge on any atom is 0.191 e. The highest BCUT2D eigenvalue weighted by Crippen LogP contribution is 2.08. The number of hydrogen-bond donors (Lipinski definition) is 2. The maximum absolute atomic E-state index is 4.30. The Morgan fingerprint density at radius 2 is 1.76 bits per heavy atom. The van der Waals surface area contributed by atoms with Crippen LogP contribution in [0.5, 0.6) is 0 Å². The van der Waals surface area contributed by atoms with Crippen LogP contribution in [-0.4, -0.2) is 71.9 Å². The number of rotatable bonds is 8. The number of aromatic nitrogens is 2. The zero-order valence-electron chi connectivity index (χ0n) is 17.5. The number of halogens is 1. The second kappa shape index (κ2) is 12.8. The minimum absolute atomic E-state index is 0. The van der Waals surface area contributed by atoms with Gasteiger partial charge < -0.3 is 15.5 Å². The van der Waals surface area contributed by atoms with Crippen molar-refractivity contribution in [1.29, 1.82) is 0 Å². The molecule has 0 aliphatic carbocycles. The molecular weight excluding hydrogens is 477 g/mol. The first kappa shape index (κ1) is 23.6. The molecule has 1 saturated heterocycles. The summed E-state index contributed by atoms with van der Waals surface area (Å²) in [6.07, 6.45) is 2.93. The highest BCUT2D eigenvalue weighted by molar-refractivity contribution is 14.0. The first-order valence-corrected chi connectivity index (χ1v) is 10.1. The minimum atomic E-state index is 0. The van der Waals surface area contributed by atoms with Gasteiger partial charge in [-0.2, -0.15) is 5.10 Å². The van der Waals surface area contributed by atoms with Gasteiger partial charge in [-0.05, 0) is 24.6 Å². The molecular formula is C21H34IN7. The van der Waals surface area contributed by atoms with Crippen LogP contribution < -0.4 is 10.6 Å². The predicted molar refractivity (Wildman–Crippen MR) is 130 cm³/mol. The van der Waals surface area contributed by atoms with E-state index in [4.69, 9.17) is 0 Å². The fraction of sp³-hybridized carbons (Fsp3) is 0.524. The lowest BCUT2D eigenvalue weighted by Crippen LogP contribution is -2.46. The van der Waals surface area contributed by atoms with Crippen LogP contribution in [0.25, 0.3) is 0 Å². The molecule has 1 aliphatic rings. The van der Waals surface area contributed by atoms with Crippen molar-refractivity contribution in [3.63, 3.8) is 0 Å². The Bertz CT molecular complexity index is 724. The van der Waals surface area contributed by atoms with Crippen LogP contribution in [0, 0.1) is 0 Å². The minimum Gasteiger partial charge on any atom is -0.356 e. The summed E-state index contributed by atoms with van der Waals surface area (Å²) in [5.74, 6) is 0.842. The van der Waals surface area contributed by atoms with E-state index in [-0.39, 0.29) is 24.0 Å². The number of aliphatic imine (C=N–C) groups is 1. The maximum atomic E-state index is 4.30. The lowest BCUT2D eigenvalue weighted by molar-refractivity contribution is 0.126. The summed E-state index contributed by atoms with van der Waals surface area (Å²) in [6.45, 7) is 8.45. The van der Waals surface area contributed by atoms with Gasteiger partial charge in [0.1, 0.15) is 0 Å². The van der Waals surface area contributed by atoms with Crippen LogP contribution in [-0.2, 0) is 20.1 Å². The van der Waals surface area contributed by atoms with Gasteiger partial charge in [0.25, 0.3) is 0 Å². The third-order valence-electron chi connectivity index (χ3n) is 5.24. The molecule has 29 heavy (non-hydrogen) atoms. The highest BCUT2D eigenvalue weighted by Gasteiger charge is 2.16. The summed E-state index contributed by atoms with van der Waals surface area (Å²) in [5, 5.41) is 10.9. The number of aryl methyl sites for hydroxylation is 1. The van der Waals surface area contributed by atoms with Crippen molar-refractivity contribution >= 4 is 29.9 Å². The third kappa shape index (κ3) is 7.94. The Hall–Kier alpha value is -1.65. The van der Waals surface area contributed by atoms with Crippen molar-refractivity contribution in [3.05, 3.63) is 53.9 Å². The molecule has 0 saturated carbocycles. The van der Waals surface area contributed by atoms with Crippen LogP contribution in [0.4, 0.5) is 0 Å². The van der Waals surface area contributed by atoms with Gasteiger partial charge in [-0.15, -0.1) is 24.0 Å². The molecule has 0 amide bonds. The van der Waals surface area contributed by atoms with Gasteiger partial charge in [-0.3, -0.25) is 14.6 Å². The van der Waals surface area contributed by atoms with Crippen molar-refractivity contribution in [2.75, 3.05) is 46.3 Å². The first-order valence-electron chi connectivity index (χ1n) is 10.1. The van der Waals surface area contributed by atoms with Crippen molar-refractivity contribution < 1.29 is 0 Å². The zero-order valence-corrected chi connectivity index (χ0v) is 19.9. The predicted octanol–water partition coefficient (Wildman–Crippen LogP) is 1.91. The number of nitrogens with one attached hydrogen (secondary N) is 2. The Morgan fingerprint density at radius 3 is 2.41 bits per heavy atom. The van der Waals surface area contributed by atoms with Gasteiger partial charge in [-0.1, -0.05) is 30.3 Å². The molecule has 0 spiro atoms. The van der Waals surface area contributed by atoms with E-state index in [1.165, 1.54) is 5.56 Å². The molecule has 1 aromatic heterocycles. The largest absolute Gasteiger partial charge is 0.356 e. The molecule has 0 radical (unpaired) electrons. The molecule has 2 N–H and O–H groups in total. The summed E-state index contributed by atoms with van der Waals surface area (Å²) in [7, 11) is 3.76. The number of nitrogens with zero attached hydrogens (tertiary/aromatic N) is 5. The van der Waals surface area contributed by atoms with Gasteiger partial charge in [-0.25, -0.2) is 0 Å². The molecule has 0 atom stereocenters. The fourth-order valence-corrected chi connectivity index (χ4v) is 3.49. The number of benzene rings is 1. The number of guanidine groups is 1. The van der Waals surface area contributed by atoms with Gasteiger partial charge in [0, 0.05) is 59.6 Å². The Kier molecular flexibility index (Phi) is 10.4. The molecule has 0 unspecified atom stereocenters. The van der Waals surface area contributed by atoms with E-state index >= 15 is 0 Å². The van der Waals surface area contributed by atoms with Crippen molar-refractivity contribution in [3.8, 4) is 0 Å². The molecule has 8 heteroatoms. The summed E-state index contributed by atoms with van der Waals surface area (Å²) in [4.78, 5) is 9.41. The van der Waals surface area contributed by atoms with Crippen LogP contribution in [0.1, 0.15) is 17.7 Å². The smallest absolute Gasteiger partial charge is 0.191 e. The van der Waals surface area contributed by atoms with Crippen molar-refractivity contribution in [2.24, 2.45) is 12.0 Å². The van der Waals surface area contributed by atoms with Gasteiger partial charge in [0.2, 0.25) is 0 Å². The van der Waals surface area contributed by atoms with Crippen LogP contribution in [0.15, 0.2) is 47.6 Å². The van der Waals surface area contributed by atoms with Gasteiger partial charge in [0.15, 0.2) is 5.96 Å². The lowest BCUT2D eigenvalue weighted by Gasteiger charge is -2.34. The topological polar surface area (TPSA) is 60.7 Å². The van der Waals surface area contributed by atoms with Crippen molar-refractivity contribution in [1.82, 2.24) is 30.2 Å². The molecule has 160 valence electrons. The standard InChI is InChI=1S/C21H33N7.HI/c1-22-21(24-17-20-9-11-25-26(20)2)23-10-6-12-27-13-15-28(16-14-27)18-19-7-4-3-5-8-19;/h3-5,7-9,11H,6,10,12-18H2,1-2H3,(H2,22,23,24);1H. The van der Waals surface area contributed by atoms with Gasteiger partial charge in [0.05, 0.1) is 12.2 Å². The van der Waals surface area contributed by atoms with E-state index in [1.807, 2.05) is 31.0 Å². The fourth-order valence-electron chi connectivity index (χ4n) is 3.49. The zero-order chi connectivity index (χ0) is 19.6. The van der Waals surface area contributed by atoms with E-state index in [9.17, 15) is 0 Å². The molecule has 0 bridgehead atoms. The van der Waals surface area contributed by atoms with Crippen LogP contribution >= 0.6 is 24.0 Å². The Morgan fingerprint density at radius 1 is 1.03 bits per heavy atom. The second-order valence-corrected chi connectivity index (χ2v) is 7.26. The Labute approximate surface area is 191 Å². The second-order valence-electron chi connectivity index (χ2n) is 7.26. The summed E-state index contributed by atoms with van der Waals surface area (Å²) in [5.41, 5.74) is 2.54. The van der Waals surface area contributed by atoms with E-state index in [1.54, 1.807) is 0 Å². The normalized spacial score (nSPS) is 15.7. The average molecular weight is 511 g/mol. The number of piperazine rings is 1. The van der Waals surface area contributed by atoms with E-state index in [0.717, 1.165) is 70.4 Å². The molecule has 1 fully saturated rings.